The van der Waals surface area contributed by atoms with Gasteiger partial charge in [0, 0.05) is 24.7 Å². The van der Waals surface area contributed by atoms with Crippen LogP contribution in [0.2, 0.25) is 0 Å². The van der Waals surface area contributed by atoms with Crippen molar-refractivity contribution in [1.29, 1.82) is 0 Å². The highest BCUT2D eigenvalue weighted by molar-refractivity contribution is 5.66. The molecule has 0 atom stereocenters. The zero-order valence-electron chi connectivity index (χ0n) is 6.60. The number of rotatable bonds is 4. The fourth-order valence-electron chi connectivity index (χ4n) is 0.840. The number of pyridine rings is 1. The number of aromatic nitrogens is 1. The molecule has 0 fully saturated rings. The Morgan fingerprint density at radius 3 is 3.00 bits per heavy atom. The first-order valence-corrected chi connectivity index (χ1v) is 3.75. The lowest BCUT2D eigenvalue weighted by Gasteiger charge is -1.95. The molecule has 1 aromatic heterocycles. The molecule has 0 unspecified atom stereocenters. The van der Waals surface area contributed by atoms with E-state index in [9.17, 15) is 4.79 Å². The number of aliphatic carboxylic acids is 1. The van der Waals surface area contributed by atoms with E-state index in [1.54, 1.807) is 6.20 Å². The summed E-state index contributed by atoms with van der Waals surface area (Å²) in [4.78, 5) is 14.2. The minimum atomic E-state index is -0.776. The summed E-state index contributed by atoms with van der Waals surface area (Å²) in [5.74, 6) is -0.776. The molecule has 0 spiro atoms. The number of nitrogens with zero attached hydrogens (tertiary/aromatic N) is 1. The lowest BCUT2D eigenvalue weighted by Crippen LogP contribution is -1.95. The Kier molecular flexibility index (Phi) is 3.26. The van der Waals surface area contributed by atoms with Crippen molar-refractivity contribution in [3.63, 3.8) is 0 Å². The van der Waals surface area contributed by atoms with Crippen LogP contribution in [-0.2, 0) is 4.79 Å². The quantitative estimate of drug-likeness (QED) is 0.733. The molecular formula is C9H10NO2. The third kappa shape index (κ3) is 3.14. The van der Waals surface area contributed by atoms with E-state index in [1.165, 1.54) is 0 Å². The molecule has 0 amide bonds. The molecule has 0 saturated heterocycles. The van der Waals surface area contributed by atoms with Crippen LogP contribution in [-0.4, -0.2) is 16.1 Å². The summed E-state index contributed by atoms with van der Waals surface area (Å²) in [6.45, 7) is 0. The predicted molar refractivity (Wildman–Crippen MR) is 44.5 cm³/mol. The lowest BCUT2D eigenvalue weighted by molar-refractivity contribution is -0.136. The molecule has 1 heterocycles. The van der Waals surface area contributed by atoms with Gasteiger partial charge in [-0.2, -0.15) is 0 Å². The van der Waals surface area contributed by atoms with Gasteiger partial charge >= 0.3 is 5.97 Å². The second kappa shape index (κ2) is 4.49. The zero-order chi connectivity index (χ0) is 8.81. The van der Waals surface area contributed by atoms with Crippen molar-refractivity contribution >= 4 is 5.97 Å². The Labute approximate surface area is 71.1 Å². The second-order valence-corrected chi connectivity index (χ2v) is 2.39. The summed E-state index contributed by atoms with van der Waals surface area (Å²) < 4.78 is 0. The Morgan fingerprint density at radius 1 is 1.58 bits per heavy atom. The first-order valence-electron chi connectivity index (χ1n) is 3.75. The van der Waals surface area contributed by atoms with Gasteiger partial charge in [-0.15, -0.1) is 0 Å². The Balaban J connectivity index is 2.29. The molecular weight excluding hydrogens is 154 g/mol. The SMILES string of the molecule is O=C(O)CC[CH]c1ccccn1. The molecule has 1 rings (SSSR count). The maximum atomic E-state index is 10.1. The predicted octanol–water partition coefficient (Wildman–Crippen LogP) is 1.50. The molecule has 1 radical (unpaired) electrons. The maximum Gasteiger partial charge on any atom is 0.303 e. The molecule has 1 N–H and O–H groups in total. The third-order valence-corrected chi connectivity index (χ3v) is 1.40. The minimum absolute atomic E-state index is 0.163. The van der Waals surface area contributed by atoms with Crippen molar-refractivity contribution in [2.75, 3.05) is 0 Å². The minimum Gasteiger partial charge on any atom is -0.481 e. The fraction of sp³-hybridized carbons (Fsp3) is 0.222. The van der Waals surface area contributed by atoms with E-state index < -0.39 is 5.97 Å². The van der Waals surface area contributed by atoms with Gasteiger partial charge in [0.25, 0.3) is 0 Å². The van der Waals surface area contributed by atoms with Crippen LogP contribution in [0.3, 0.4) is 0 Å². The second-order valence-electron chi connectivity index (χ2n) is 2.39. The molecule has 3 nitrogen and oxygen atoms in total. The van der Waals surface area contributed by atoms with Crippen molar-refractivity contribution in [1.82, 2.24) is 4.98 Å². The number of carboxylic acids is 1. The highest BCUT2D eigenvalue weighted by Gasteiger charge is 1.98. The van der Waals surface area contributed by atoms with Crippen LogP contribution < -0.4 is 0 Å². The van der Waals surface area contributed by atoms with Crippen LogP contribution >= 0.6 is 0 Å². The van der Waals surface area contributed by atoms with Crippen molar-refractivity contribution < 1.29 is 9.90 Å². The average molecular weight is 164 g/mol. The van der Waals surface area contributed by atoms with Gasteiger partial charge in [0.1, 0.15) is 0 Å². The monoisotopic (exact) mass is 164 g/mol. The van der Waals surface area contributed by atoms with Crippen LogP contribution in [0.25, 0.3) is 0 Å². The molecule has 0 saturated carbocycles. The number of carboxylic acid groups (broad SMARTS) is 1. The Morgan fingerprint density at radius 2 is 2.42 bits per heavy atom. The normalized spacial score (nSPS) is 9.67. The highest BCUT2D eigenvalue weighted by atomic mass is 16.4. The standard InChI is InChI=1S/C9H10NO2/c11-9(12)6-3-5-8-4-1-2-7-10-8/h1-2,4-5,7H,3,6H2,(H,11,12). The van der Waals surface area contributed by atoms with E-state index in [0.717, 1.165) is 5.69 Å². The molecule has 0 aliphatic rings. The van der Waals surface area contributed by atoms with Gasteiger partial charge in [-0.1, -0.05) is 6.07 Å². The lowest BCUT2D eigenvalue weighted by atomic mass is 10.2. The average Bonchev–Trinajstić information content (AvgIpc) is 2.05. The molecule has 12 heavy (non-hydrogen) atoms. The van der Waals surface area contributed by atoms with Crippen molar-refractivity contribution in [2.24, 2.45) is 0 Å². The van der Waals surface area contributed by atoms with Crippen molar-refractivity contribution in [3.05, 3.63) is 36.5 Å². The topological polar surface area (TPSA) is 50.2 Å². The highest BCUT2D eigenvalue weighted by Crippen LogP contribution is 2.03. The van der Waals surface area contributed by atoms with Crippen LogP contribution in [0.5, 0.6) is 0 Å². The van der Waals surface area contributed by atoms with Gasteiger partial charge < -0.3 is 5.11 Å². The van der Waals surface area contributed by atoms with E-state index in [1.807, 2.05) is 24.6 Å². The van der Waals surface area contributed by atoms with E-state index in [2.05, 4.69) is 4.98 Å². The molecule has 0 bridgehead atoms. The van der Waals surface area contributed by atoms with Crippen LogP contribution in [0.4, 0.5) is 0 Å². The fourth-order valence-corrected chi connectivity index (χ4v) is 0.840. The smallest absolute Gasteiger partial charge is 0.303 e. The number of hydrogen-bond donors (Lipinski definition) is 1. The molecule has 3 heteroatoms. The van der Waals surface area contributed by atoms with Crippen LogP contribution in [0.1, 0.15) is 18.5 Å². The van der Waals surface area contributed by atoms with E-state index in [-0.39, 0.29) is 6.42 Å². The first kappa shape index (κ1) is 8.71. The molecule has 63 valence electrons. The molecule has 0 aromatic carbocycles. The third-order valence-electron chi connectivity index (χ3n) is 1.40. The van der Waals surface area contributed by atoms with Crippen molar-refractivity contribution in [2.45, 2.75) is 12.8 Å². The number of carbonyl (C=O) groups is 1. The van der Waals surface area contributed by atoms with E-state index in [0.29, 0.717) is 6.42 Å². The summed E-state index contributed by atoms with van der Waals surface area (Å²) in [5, 5.41) is 8.35. The number of hydrogen-bond acceptors (Lipinski definition) is 2. The van der Waals surface area contributed by atoms with Gasteiger partial charge in [0.15, 0.2) is 0 Å². The van der Waals surface area contributed by atoms with E-state index >= 15 is 0 Å². The van der Waals surface area contributed by atoms with Gasteiger partial charge in [-0.3, -0.25) is 9.78 Å². The summed E-state index contributed by atoms with van der Waals surface area (Å²) >= 11 is 0. The van der Waals surface area contributed by atoms with E-state index in [4.69, 9.17) is 5.11 Å². The summed E-state index contributed by atoms with van der Waals surface area (Å²) in [6.07, 6.45) is 4.20. The molecule has 0 aliphatic heterocycles. The Hall–Kier alpha value is -1.38. The Bertz CT molecular complexity index is 246. The first-order chi connectivity index (χ1) is 5.79. The largest absolute Gasteiger partial charge is 0.481 e. The molecule has 1 aromatic rings. The van der Waals surface area contributed by atoms with Gasteiger partial charge in [0.2, 0.25) is 0 Å². The van der Waals surface area contributed by atoms with Gasteiger partial charge in [-0.05, 0) is 18.6 Å². The van der Waals surface area contributed by atoms with Crippen LogP contribution in [0, 0.1) is 6.42 Å². The van der Waals surface area contributed by atoms with Crippen molar-refractivity contribution in [3.8, 4) is 0 Å². The maximum absolute atomic E-state index is 10.1. The van der Waals surface area contributed by atoms with Crippen LogP contribution in [0.15, 0.2) is 24.4 Å². The zero-order valence-corrected chi connectivity index (χ0v) is 6.60. The summed E-state index contributed by atoms with van der Waals surface area (Å²) in [5.41, 5.74) is 0.832. The van der Waals surface area contributed by atoms with Gasteiger partial charge in [-0.25, -0.2) is 0 Å². The summed E-state index contributed by atoms with van der Waals surface area (Å²) in [7, 11) is 0. The van der Waals surface area contributed by atoms with Gasteiger partial charge in [0.05, 0.1) is 0 Å². The molecule has 0 aliphatic carbocycles. The summed E-state index contributed by atoms with van der Waals surface area (Å²) in [6, 6.07) is 5.55.